The van der Waals surface area contributed by atoms with Crippen LogP contribution < -0.4 is 15.0 Å². The van der Waals surface area contributed by atoms with Crippen molar-refractivity contribution >= 4 is 29.1 Å². The highest BCUT2D eigenvalue weighted by molar-refractivity contribution is 6.30. The Hall–Kier alpha value is -2.53. The van der Waals surface area contributed by atoms with Crippen molar-refractivity contribution in [1.82, 2.24) is 5.32 Å². The summed E-state index contributed by atoms with van der Waals surface area (Å²) in [6.45, 7) is 4.73. The lowest BCUT2D eigenvalue weighted by Gasteiger charge is -2.18. The molecule has 1 aliphatic heterocycles. The molecule has 2 aromatic rings. The molecule has 1 fully saturated rings. The van der Waals surface area contributed by atoms with E-state index in [-0.39, 0.29) is 30.3 Å². The molecule has 0 aromatic heterocycles. The molecule has 2 aromatic carbocycles. The third-order valence-electron chi connectivity index (χ3n) is 4.40. The van der Waals surface area contributed by atoms with Gasteiger partial charge in [-0.15, -0.1) is 0 Å². The molecule has 0 bridgehead atoms. The Bertz CT molecular complexity index is 803. The molecule has 27 heavy (non-hydrogen) atoms. The fraction of sp³-hybridized carbons (Fsp3) is 0.333. The Balaban J connectivity index is 1.57. The average Bonchev–Trinajstić information content (AvgIpc) is 3.03. The molecule has 2 amide bonds. The van der Waals surface area contributed by atoms with Crippen molar-refractivity contribution in [1.29, 1.82) is 0 Å². The van der Waals surface area contributed by atoms with Gasteiger partial charge in [-0.1, -0.05) is 23.7 Å². The first kappa shape index (κ1) is 19.2. The first-order chi connectivity index (χ1) is 12.9. The zero-order valence-electron chi connectivity index (χ0n) is 15.4. The van der Waals surface area contributed by atoms with Crippen LogP contribution in [0.15, 0.2) is 48.5 Å². The number of rotatable bonds is 6. The highest BCUT2D eigenvalue weighted by atomic mass is 35.5. The summed E-state index contributed by atoms with van der Waals surface area (Å²) in [6.07, 6.45) is 0.314. The molecule has 0 spiro atoms. The lowest BCUT2D eigenvalue weighted by molar-refractivity contribution is -0.126. The molecular weight excluding hydrogens is 364 g/mol. The number of carbonyl (C=O) groups excluding carboxylic acids is 2. The van der Waals surface area contributed by atoms with Crippen molar-refractivity contribution in [3.63, 3.8) is 0 Å². The van der Waals surface area contributed by atoms with E-state index in [1.165, 1.54) is 0 Å². The number of ether oxygens (including phenoxy) is 1. The van der Waals surface area contributed by atoms with Crippen LogP contribution in [-0.4, -0.2) is 24.5 Å². The van der Waals surface area contributed by atoms with Crippen LogP contribution in [0, 0.1) is 5.92 Å². The zero-order chi connectivity index (χ0) is 19.4. The zero-order valence-corrected chi connectivity index (χ0v) is 16.2. The van der Waals surface area contributed by atoms with E-state index < -0.39 is 0 Å². The standard InChI is InChI=1S/C21H23ClN2O3/c1-14(2)27-19-9-7-18(8-10-19)24-13-16(11-20(24)25)21(26)23-12-15-3-5-17(22)6-4-15/h3-10,14,16H,11-13H2,1-2H3,(H,23,26)/t16-/m0/s1. The number of halogens is 1. The van der Waals surface area contributed by atoms with Crippen molar-refractivity contribution in [2.75, 3.05) is 11.4 Å². The normalized spacial score (nSPS) is 16.7. The van der Waals surface area contributed by atoms with Gasteiger partial charge >= 0.3 is 0 Å². The van der Waals surface area contributed by atoms with Gasteiger partial charge in [-0.2, -0.15) is 0 Å². The van der Waals surface area contributed by atoms with Crippen LogP contribution in [0.25, 0.3) is 0 Å². The summed E-state index contributed by atoms with van der Waals surface area (Å²) in [6, 6.07) is 14.7. The van der Waals surface area contributed by atoms with E-state index in [0.717, 1.165) is 17.0 Å². The summed E-state index contributed by atoms with van der Waals surface area (Å²) < 4.78 is 5.62. The SMILES string of the molecule is CC(C)Oc1ccc(N2C[C@@H](C(=O)NCc3ccc(Cl)cc3)CC2=O)cc1. The minimum Gasteiger partial charge on any atom is -0.491 e. The van der Waals surface area contributed by atoms with Crippen molar-refractivity contribution < 1.29 is 14.3 Å². The minimum atomic E-state index is -0.351. The first-order valence-corrected chi connectivity index (χ1v) is 9.39. The van der Waals surface area contributed by atoms with Crippen molar-refractivity contribution in [3.8, 4) is 5.75 Å². The third kappa shape index (κ3) is 5.01. The number of hydrogen-bond acceptors (Lipinski definition) is 3. The maximum Gasteiger partial charge on any atom is 0.227 e. The number of benzene rings is 2. The molecular formula is C21H23ClN2O3. The van der Waals surface area contributed by atoms with Gasteiger partial charge in [-0.3, -0.25) is 9.59 Å². The van der Waals surface area contributed by atoms with Crippen LogP contribution in [-0.2, 0) is 16.1 Å². The highest BCUT2D eigenvalue weighted by Crippen LogP contribution is 2.27. The largest absolute Gasteiger partial charge is 0.491 e. The van der Waals surface area contributed by atoms with Gasteiger partial charge in [0.15, 0.2) is 0 Å². The van der Waals surface area contributed by atoms with Crippen LogP contribution in [0.5, 0.6) is 5.75 Å². The van der Waals surface area contributed by atoms with Crippen LogP contribution in [0.1, 0.15) is 25.8 Å². The average molecular weight is 387 g/mol. The van der Waals surface area contributed by atoms with Crippen LogP contribution in [0.2, 0.25) is 5.02 Å². The number of nitrogens with one attached hydrogen (secondary N) is 1. The smallest absolute Gasteiger partial charge is 0.227 e. The predicted octanol–water partition coefficient (Wildman–Crippen LogP) is 3.80. The van der Waals surface area contributed by atoms with Crippen LogP contribution >= 0.6 is 11.6 Å². The van der Waals surface area contributed by atoms with Gasteiger partial charge in [0.2, 0.25) is 11.8 Å². The van der Waals surface area contributed by atoms with E-state index in [1.54, 1.807) is 17.0 Å². The Labute approximate surface area is 164 Å². The molecule has 0 saturated carbocycles. The van der Waals surface area contributed by atoms with Gasteiger partial charge in [0, 0.05) is 30.2 Å². The monoisotopic (exact) mass is 386 g/mol. The molecule has 0 radical (unpaired) electrons. The molecule has 5 nitrogen and oxygen atoms in total. The molecule has 0 aliphatic carbocycles. The number of carbonyl (C=O) groups is 2. The molecule has 0 unspecified atom stereocenters. The predicted molar refractivity (Wildman–Crippen MR) is 106 cm³/mol. The van der Waals surface area contributed by atoms with E-state index >= 15 is 0 Å². The lowest BCUT2D eigenvalue weighted by atomic mass is 10.1. The molecule has 1 aliphatic rings. The second kappa shape index (κ2) is 8.44. The maximum absolute atomic E-state index is 12.4. The van der Waals surface area contributed by atoms with E-state index in [0.29, 0.717) is 18.1 Å². The fourth-order valence-electron chi connectivity index (χ4n) is 3.05. The number of anilines is 1. The first-order valence-electron chi connectivity index (χ1n) is 9.01. The molecule has 1 N–H and O–H groups in total. The Morgan fingerprint density at radius 2 is 1.85 bits per heavy atom. The van der Waals surface area contributed by atoms with Gasteiger partial charge in [0.05, 0.1) is 12.0 Å². The van der Waals surface area contributed by atoms with Gasteiger partial charge in [-0.05, 0) is 55.8 Å². The molecule has 6 heteroatoms. The number of nitrogens with zero attached hydrogens (tertiary/aromatic N) is 1. The van der Waals surface area contributed by atoms with Gasteiger partial charge in [-0.25, -0.2) is 0 Å². The number of amides is 2. The summed E-state index contributed by atoms with van der Waals surface area (Å²) in [5, 5.41) is 3.56. The molecule has 1 heterocycles. The fourth-order valence-corrected chi connectivity index (χ4v) is 3.17. The lowest BCUT2D eigenvalue weighted by Crippen LogP contribution is -2.32. The van der Waals surface area contributed by atoms with Crippen molar-refractivity contribution in [2.45, 2.75) is 32.9 Å². The Kier molecular flexibility index (Phi) is 6.01. The maximum atomic E-state index is 12.4. The summed E-state index contributed by atoms with van der Waals surface area (Å²) in [7, 11) is 0. The molecule has 142 valence electrons. The highest BCUT2D eigenvalue weighted by Gasteiger charge is 2.35. The quantitative estimate of drug-likeness (QED) is 0.821. The van der Waals surface area contributed by atoms with Gasteiger partial charge in [0.1, 0.15) is 5.75 Å². The number of hydrogen-bond donors (Lipinski definition) is 1. The van der Waals surface area contributed by atoms with Crippen LogP contribution in [0.3, 0.4) is 0 Å². The van der Waals surface area contributed by atoms with Gasteiger partial charge in [0.25, 0.3) is 0 Å². The van der Waals surface area contributed by atoms with Crippen molar-refractivity contribution in [3.05, 3.63) is 59.1 Å². The Morgan fingerprint density at radius 1 is 1.19 bits per heavy atom. The topological polar surface area (TPSA) is 58.6 Å². The summed E-state index contributed by atoms with van der Waals surface area (Å²) in [5.41, 5.74) is 1.75. The summed E-state index contributed by atoms with van der Waals surface area (Å²) in [5.74, 6) is 0.258. The minimum absolute atomic E-state index is 0.0424. The Morgan fingerprint density at radius 3 is 2.48 bits per heavy atom. The molecule has 1 saturated heterocycles. The molecule has 3 rings (SSSR count). The van der Waals surface area contributed by atoms with E-state index in [4.69, 9.17) is 16.3 Å². The second-order valence-electron chi connectivity index (χ2n) is 6.91. The third-order valence-corrected chi connectivity index (χ3v) is 4.65. The summed E-state index contributed by atoms with van der Waals surface area (Å²) >= 11 is 5.86. The second-order valence-corrected chi connectivity index (χ2v) is 7.35. The van der Waals surface area contributed by atoms with Crippen molar-refractivity contribution in [2.24, 2.45) is 5.92 Å². The van der Waals surface area contributed by atoms with Crippen LogP contribution in [0.4, 0.5) is 5.69 Å². The summed E-state index contributed by atoms with van der Waals surface area (Å²) in [4.78, 5) is 26.5. The van der Waals surface area contributed by atoms with Gasteiger partial charge < -0.3 is 15.0 Å². The molecule has 1 atom stereocenters. The van der Waals surface area contributed by atoms with E-state index in [9.17, 15) is 9.59 Å². The van der Waals surface area contributed by atoms with E-state index in [2.05, 4.69) is 5.32 Å². The van der Waals surface area contributed by atoms with E-state index in [1.807, 2.05) is 50.2 Å².